The lowest BCUT2D eigenvalue weighted by atomic mass is 9.98. The number of benzene rings is 8. The van der Waals surface area contributed by atoms with Gasteiger partial charge >= 0.3 is 0 Å². The monoisotopic (exact) mass is 729 g/mol. The molecule has 0 bridgehead atoms. The molecule has 0 atom stereocenters. The molecule has 0 N–H and O–H groups in total. The summed E-state index contributed by atoms with van der Waals surface area (Å²) >= 11 is 0. The summed E-state index contributed by atoms with van der Waals surface area (Å²) in [5, 5.41) is 4.85. The van der Waals surface area contributed by atoms with Gasteiger partial charge in [0.2, 0.25) is 0 Å². The summed E-state index contributed by atoms with van der Waals surface area (Å²) in [5.74, 6) is 1.90. The SMILES string of the molecule is Cc1cccc(-c2cc(-c3nc(-c4ccccc4)nc(-c4ccccc4)n3)ccc2-n2c3ccccc3c3ccc4c5ccccc5n(-c5ccccc5)c4c32)c1. The van der Waals surface area contributed by atoms with Gasteiger partial charge in [0, 0.05) is 49.5 Å². The molecule has 0 aliphatic heterocycles. The van der Waals surface area contributed by atoms with E-state index in [1.54, 1.807) is 0 Å². The molecule has 268 valence electrons. The molecule has 8 aromatic carbocycles. The molecule has 0 saturated carbocycles. The van der Waals surface area contributed by atoms with E-state index < -0.39 is 0 Å². The molecule has 11 aromatic rings. The first-order valence-electron chi connectivity index (χ1n) is 19.3. The Morgan fingerprint density at radius 2 is 0.842 bits per heavy atom. The second-order valence-electron chi connectivity index (χ2n) is 14.5. The average Bonchev–Trinajstić information content (AvgIpc) is 3.80. The quantitative estimate of drug-likeness (QED) is 0.171. The maximum atomic E-state index is 5.12. The van der Waals surface area contributed by atoms with Crippen LogP contribution in [0.5, 0.6) is 0 Å². The van der Waals surface area contributed by atoms with Crippen LogP contribution in [0.2, 0.25) is 0 Å². The van der Waals surface area contributed by atoms with E-state index in [-0.39, 0.29) is 0 Å². The predicted octanol–water partition coefficient (Wildman–Crippen LogP) is 13.0. The molecule has 11 rings (SSSR count). The van der Waals surface area contributed by atoms with Gasteiger partial charge in [-0.3, -0.25) is 0 Å². The van der Waals surface area contributed by atoms with Crippen molar-refractivity contribution in [2.24, 2.45) is 0 Å². The van der Waals surface area contributed by atoms with Crippen LogP contribution in [0.15, 0.2) is 194 Å². The van der Waals surface area contributed by atoms with Crippen molar-refractivity contribution in [1.82, 2.24) is 24.1 Å². The smallest absolute Gasteiger partial charge is 0.164 e. The topological polar surface area (TPSA) is 48.5 Å². The van der Waals surface area contributed by atoms with E-state index in [0.29, 0.717) is 17.5 Å². The number of aryl methyl sites for hydroxylation is 1. The van der Waals surface area contributed by atoms with Crippen LogP contribution in [0.1, 0.15) is 5.56 Å². The fourth-order valence-corrected chi connectivity index (χ4v) is 8.45. The van der Waals surface area contributed by atoms with Crippen molar-refractivity contribution in [2.75, 3.05) is 0 Å². The van der Waals surface area contributed by atoms with Gasteiger partial charge in [-0.15, -0.1) is 0 Å². The highest BCUT2D eigenvalue weighted by Crippen LogP contribution is 2.44. The third kappa shape index (κ3) is 5.43. The Bertz CT molecular complexity index is 3230. The van der Waals surface area contributed by atoms with Crippen LogP contribution in [0.3, 0.4) is 0 Å². The molecule has 57 heavy (non-hydrogen) atoms. The normalized spacial score (nSPS) is 11.6. The summed E-state index contributed by atoms with van der Waals surface area (Å²) < 4.78 is 4.91. The number of nitrogens with zero attached hydrogens (tertiary/aromatic N) is 5. The van der Waals surface area contributed by atoms with Crippen molar-refractivity contribution in [3.05, 3.63) is 200 Å². The standard InChI is InChI=1S/C52H35N5/c1-34-16-15-21-37(32-34)44-33-38(52-54-50(35-17-5-2-6-18-35)53-51(55-52)36-19-7-3-8-20-36)28-31-47(44)57-46-27-14-12-25-41(46)43-30-29-42-40-24-11-13-26-45(40)56(48(42)49(43)57)39-22-9-4-10-23-39/h2-33H,1H3. The van der Waals surface area contributed by atoms with Crippen molar-refractivity contribution < 1.29 is 0 Å². The summed E-state index contributed by atoms with van der Waals surface area (Å²) in [6.07, 6.45) is 0. The summed E-state index contributed by atoms with van der Waals surface area (Å²) in [4.78, 5) is 15.2. The average molecular weight is 730 g/mol. The van der Waals surface area contributed by atoms with E-state index in [2.05, 4.69) is 150 Å². The lowest BCUT2D eigenvalue weighted by Crippen LogP contribution is -2.03. The molecule has 0 radical (unpaired) electrons. The molecule has 0 aliphatic carbocycles. The zero-order valence-electron chi connectivity index (χ0n) is 31.2. The second kappa shape index (κ2) is 13.3. The molecule has 3 heterocycles. The van der Waals surface area contributed by atoms with Gasteiger partial charge in [-0.1, -0.05) is 157 Å². The summed E-state index contributed by atoms with van der Waals surface area (Å²) in [6, 6.07) is 68.6. The highest BCUT2D eigenvalue weighted by Gasteiger charge is 2.23. The molecule has 0 saturated heterocycles. The molecule has 0 fully saturated rings. The van der Waals surface area contributed by atoms with E-state index in [0.717, 1.165) is 50.2 Å². The fourth-order valence-electron chi connectivity index (χ4n) is 8.45. The number of fused-ring (bicyclic) bond motifs is 7. The lowest BCUT2D eigenvalue weighted by molar-refractivity contribution is 1.07. The maximum Gasteiger partial charge on any atom is 0.164 e. The van der Waals surface area contributed by atoms with E-state index in [9.17, 15) is 0 Å². The van der Waals surface area contributed by atoms with E-state index in [1.807, 2.05) is 60.7 Å². The van der Waals surface area contributed by atoms with Crippen molar-refractivity contribution in [3.8, 4) is 56.7 Å². The van der Waals surface area contributed by atoms with Gasteiger partial charge in [0.05, 0.1) is 27.8 Å². The Morgan fingerprint density at radius 1 is 0.351 bits per heavy atom. The van der Waals surface area contributed by atoms with Crippen molar-refractivity contribution in [1.29, 1.82) is 0 Å². The van der Waals surface area contributed by atoms with Gasteiger partial charge < -0.3 is 9.13 Å². The first-order valence-corrected chi connectivity index (χ1v) is 19.3. The Hall–Kier alpha value is -7.63. The van der Waals surface area contributed by atoms with E-state index in [4.69, 9.17) is 15.0 Å². The first-order chi connectivity index (χ1) is 28.2. The van der Waals surface area contributed by atoms with Gasteiger partial charge in [-0.2, -0.15) is 0 Å². The summed E-state index contributed by atoms with van der Waals surface area (Å²) in [5.41, 5.74) is 13.0. The Labute approximate surface area is 329 Å². The van der Waals surface area contributed by atoms with E-state index in [1.165, 1.54) is 38.1 Å². The zero-order chi connectivity index (χ0) is 37.9. The zero-order valence-corrected chi connectivity index (χ0v) is 31.2. The number of hydrogen-bond acceptors (Lipinski definition) is 3. The fraction of sp³-hybridized carbons (Fsp3) is 0.0192. The van der Waals surface area contributed by atoms with Crippen LogP contribution >= 0.6 is 0 Å². The summed E-state index contributed by atoms with van der Waals surface area (Å²) in [6.45, 7) is 2.15. The highest BCUT2D eigenvalue weighted by atomic mass is 15.1. The minimum absolute atomic E-state index is 0.622. The maximum absolute atomic E-state index is 5.12. The highest BCUT2D eigenvalue weighted by molar-refractivity contribution is 6.24. The minimum Gasteiger partial charge on any atom is -0.307 e. The number of hydrogen-bond donors (Lipinski definition) is 0. The van der Waals surface area contributed by atoms with Crippen LogP contribution in [-0.2, 0) is 0 Å². The minimum atomic E-state index is 0.622. The molecule has 0 spiro atoms. The van der Waals surface area contributed by atoms with Gasteiger partial charge in [0.1, 0.15) is 0 Å². The first kappa shape index (κ1) is 32.8. The second-order valence-corrected chi connectivity index (χ2v) is 14.5. The van der Waals surface area contributed by atoms with Crippen LogP contribution in [0, 0.1) is 6.92 Å². The number of rotatable bonds is 6. The van der Waals surface area contributed by atoms with Crippen LogP contribution < -0.4 is 0 Å². The van der Waals surface area contributed by atoms with Crippen LogP contribution in [0.4, 0.5) is 0 Å². The molecule has 5 nitrogen and oxygen atoms in total. The largest absolute Gasteiger partial charge is 0.307 e. The predicted molar refractivity (Wildman–Crippen MR) is 235 cm³/mol. The van der Waals surface area contributed by atoms with Gasteiger partial charge in [-0.05, 0) is 55.0 Å². The van der Waals surface area contributed by atoms with Gasteiger partial charge in [0.15, 0.2) is 17.5 Å². The summed E-state index contributed by atoms with van der Waals surface area (Å²) in [7, 11) is 0. The lowest BCUT2D eigenvalue weighted by Gasteiger charge is -2.17. The Kier molecular flexibility index (Phi) is 7.64. The molecular weight excluding hydrogens is 695 g/mol. The molecule has 0 amide bonds. The molecular formula is C52H35N5. The van der Waals surface area contributed by atoms with Crippen molar-refractivity contribution >= 4 is 43.6 Å². The molecule has 0 aliphatic rings. The van der Waals surface area contributed by atoms with Crippen molar-refractivity contribution in [2.45, 2.75) is 6.92 Å². The Morgan fingerprint density at radius 3 is 1.44 bits per heavy atom. The van der Waals surface area contributed by atoms with Gasteiger partial charge in [-0.25, -0.2) is 15.0 Å². The number of aromatic nitrogens is 5. The van der Waals surface area contributed by atoms with Crippen LogP contribution in [0.25, 0.3) is 100 Å². The molecule has 5 heteroatoms. The number of para-hydroxylation sites is 3. The molecule has 3 aromatic heterocycles. The third-order valence-electron chi connectivity index (χ3n) is 11.0. The van der Waals surface area contributed by atoms with E-state index >= 15 is 0 Å². The van der Waals surface area contributed by atoms with Crippen molar-refractivity contribution in [3.63, 3.8) is 0 Å². The Balaban J connectivity index is 1.24. The van der Waals surface area contributed by atoms with Crippen LogP contribution in [-0.4, -0.2) is 24.1 Å². The molecule has 0 unspecified atom stereocenters. The van der Waals surface area contributed by atoms with Gasteiger partial charge in [0.25, 0.3) is 0 Å². The third-order valence-corrected chi connectivity index (χ3v) is 11.0.